The van der Waals surface area contributed by atoms with Gasteiger partial charge in [0.1, 0.15) is 29.1 Å². The normalized spacial score (nSPS) is 13.2. The van der Waals surface area contributed by atoms with Crippen molar-refractivity contribution in [1.82, 2.24) is 0 Å². The number of aryl methyl sites for hydroxylation is 1. The monoisotopic (exact) mass is 414 g/mol. The van der Waals surface area contributed by atoms with Crippen LogP contribution in [-0.2, 0) is 12.8 Å². The minimum Gasteiger partial charge on any atom is -0.207 e. The van der Waals surface area contributed by atoms with Gasteiger partial charge in [0, 0.05) is 5.56 Å². The standard InChI is InChI=1S/C25H19F5/c1-2-3-14-10-20(27)23(21(28)11-14)16-6-9-19-17(12-16)13-22(29)24(25(19)30)15-4-7-18(26)8-5-15/h4-5,7-8,10-13H,2-3,6,9H2,1H3. The lowest BCUT2D eigenvalue weighted by atomic mass is 9.85. The van der Waals surface area contributed by atoms with E-state index in [1.54, 1.807) is 0 Å². The molecule has 0 aliphatic heterocycles. The third kappa shape index (κ3) is 3.64. The lowest BCUT2D eigenvalue weighted by Crippen LogP contribution is -2.08. The van der Waals surface area contributed by atoms with E-state index in [0.717, 1.165) is 24.6 Å². The molecule has 4 rings (SSSR count). The van der Waals surface area contributed by atoms with E-state index in [4.69, 9.17) is 0 Å². The zero-order valence-corrected chi connectivity index (χ0v) is 16.3. The number of rotatable bonds is 4. The van der Waals surface area contributed by atoms with Gasteiger partial charge in [0.2, 0.25) is 0 Å². The number of allylic oxidation sites excluding steroid dienone is 1. The van der Waals surface area contributed by atoms with Gasteiger partial charge in [-0.1, -0.05) is 31.6 Å². The first-order valence-electron chi connectivity index (χ1n) is 9.84. The Morgan fingerprint density at radius 1 is 0.767 bits per heavy atom. The van der Waals surface area contributed by atoms with Crippen LogP contribution in [0.4, 0.5) is 22.0 Å². The Kier molecular flexibility index (Phi) is 5.46. The van der Waals surface area contributed by atoms with E-state index in [2.05, 4.69) is 0 Å². The Balaban J connectivity index is 1.79. The summed E-state index contributed by atoms with van der Waals surface area (Å²) in [7, 11) is 0. The van der Waals surface area contributed by atoms with Crippen LogP contribution < -0.4 is 0 Å². The van der Waals surface area contributed by atoms with Crippen LogP contribution in [0.25, 0.3) is 22.8 Å². The van der Waals surface area contributed by atoms with Crippen LogP contribution in [0.1, 0.15) is 42.0 Å². The van der Waals surface area contributed by atoms with E-state index in [0.29, 0.717) is 17.6 Å². The topological polar surface area (TPSA) is 0 Å². The van der Waals surface area contributed by atoms with Crippen molar-refractivity contribution in [3.8, 4) is 11.1 Å². The Labute approximate surface area is 171 Å². The van der Waals surface area contributed by atoms with Crippen molar-refractivity contribution in [2.45, 2.75) is 32.6 Å². The van der Waals surface area contributed by atoms with E-state index in [9.17, 15) is 17.6 Å². The molecule has 3 aromatic carbocycles. The fraction of sp³-hybridized carbons (Fsp3) is 0.200. The van der Waals surface area contributed by atoms with Gasteiger partial charge < -0.3 is 0 Å². The Bertz CT molecular complexity index is 1120. The van der Waals surface area contributed by atoms with E-state index < -0.39 is 29.1 Å². The third-order valence-electron chi connectivity index (χ3n) is 5.42. The summed E-state index contributed by atoms with van der Waals surface area (Å²) in [5, 5.41) is 0. The van der Waals surface area contributed by atoms with Gasteiger partial charge in [0.05, 0.1) is 5.56 Å². The van der Waals surface area contributed by atoms with Gasteiger partial charge in [0.25, 0.3) is 0 Å². The zero-order valence-electron chi connectivity index (χ0n) is 16.3. The van der Waals surface area contributed by atoms with E-state index in [-0.39, 0.29) is 40.7 Å². The highest BCUT2D eigenvalue weighted by Gasteiger charge is 2.24. The lowest BCUT2D eigenvalue weighted by molar-refractivity contribution is 0.569. The summed E-state index contributed by atoms with van der Waals surface area (Å²) >= 11 is 0. The molecule has 30 heavy (non-hydrogen) atoms. The molecule has 0 radical (unpaired) electrons. The molecule has 0 fully saturated rings. The summed E-state index contributed by atoms with van der Waals surface area (Å²) in [4.78, 5) is 0. The maximum atomic E-state index is 15.1. The molecule has 0 bridgehead atoms. The molecule has 0 spiro atoms. The van der Waals surface area contributed by atoms with Gasteiger partial charge in [-0.3, -0.25) is 0 Å². The van der Waals surface area contributed by atoms with E-state index in [1.807, 2.05) is 6.92 Å². The lowest BCUT2D eigenvalue weighted by Gasteiger charge is -2.21. The summed E-state index contributed by atoms with van der Waals surface area (Å²) < 4.78 is 72.2. The number of fused-ring (bicyclic) bond motifs is 1. The van der Waals surface area contributed by atoms with Crippen molar-refractivity contribution >= 4 is 11.6 Å². The first kappa shape index (κ1) is 20.3. The quantitative estimate of drug-likeness (QED) is 0.388. The first-order chi connectivity index (χ1) is 14.4. The fourth-order valence-corrected chi connectivity index (χ4v) is 4.02. The van der Waals surface area contributed by atoms with Crippen LogP contribution in [0.5, 0.6) is 0 Å². The number of halogens is 5. The minimum absolute atomic E-state index is 0.149. The number of hydrogen-bond acceptors (Lipinski definition) is 0. The predicted octanol–water partition coefficient (Wildman–Crippen LogP) is 7.49. The second-order valence-electron chi connectivity index (χ2n) is 7.48. The molecule has 0 N–H and O–H groups in total. The average Bonchev–Trinajstić information content (AvgIpc) is 2.69. The Morgan fingerprint density at radius 3 is 2.03 bits per heavy atom. The highest BCUT2D eigenvalue weighted by molar-refractivity contribution is 5.86. The van der Waals surface area contributed by atoms with Crippen LogP contribution >= 0.6 is 0 Å². The fourth-order valence-electron chi connectivity index (χ4n) is 4.02. The highest BCUT2D eigenvalue weighted by atomic mass is 19.1. The van der Waals surface area contributed by atoms with Gasteiger partial charge in [-0.15, -0.1) is 0 Å². The van der Waals surface area contributed by atoms with E-state index >= 15 is 4.39 Å². The molecule has 5 heteroatoms. The van der Waals surface area contributed by atoms with Gasteiger partial charge in [0.15, 0.2) is 0 Å². The molecule has 0 nitrogen and oxygen atoms in total. The van der Waals surface area contributed by atoms with Crippen molar-refractivity contribution in [3.05, 3.63) is 93.8 Å². The molecule has 0 amide bonds. The maximum absolute atomic E-state index is 15.1. The summed E-state index contributed by atoms with van der Waals surface area (Å²) in [5.74, 6) is -3.38. The van der Waals surface area contributed by atoms with Crippen LogP contribution in [0.2, 0.25) is 0 Å². The van der Waals surface area contributed by atoms with Crippen LogP contribution in [0.15, 0.2) is 42.5 Å². The van der Waals surface area contributed by atoms with Crippen molar-refractivity contribution in [1.29, 1.82) is 0 Å². The third-order valence-corrected chi connectivity index (χ3v) is 5.42. The highest BCUT2D eigenvalue weighted by Crippen LogP contribution is 2.38. The molecular weight excluding hydrogens is 395 g/mol. The van der Waals surface area contributed by atoms with Gasteiger partial charge >= 0.3 is 0 Å². The first-order valence-corrected chi connectivity index (χ1v) is 9.84. The second kappa shape index (κ2) is 8.05. The molecular formula is C25H19F5. The summed E-state index contributed by atoms with van der Waals surface area (Å²) in [6, 6.07) is 8.70. The molecule has 0 unspecified atom stereocenters. The van der Waals surface area contributed by atoms with Crippen molar-refractivity contribution in [2.24, 2.45) is 0 Å². The molecule has 0 saturated heterocycles. The average molecular weight is 414 g/mol. The van der Waals surface area contributed by atoms with Crippen molar-refractivity contribution in [2.75, 3.05) is 0 Å². The molecule has 3 aromatic rings. The molecule has 0 atom stereocenters. The van der Waals surface area contributed by atoms with Crippen LogP contribution in [-0.4, -0.2) is 0 Å². The SMILES string of the molecule is CCCc1cc(F)c(C2=Cc3cc(F)c(-c4ccc(F)cc4)c(F)c3CC2)c(F)c1. The summed E-state index contributed by atoms with van der Waals surface area (Å²) in [5.41, 5.74) is 1.34. The second-order valence-corrected chi connectivity index (χ2v) is 7.48. The smallest absolute Gasteiger partial charge is 0.137 e. The summed E-state index contributed by atoms with van der Waals surface area (Å²) in [6.07, 6.45) is 3.18. The van der Waals surface area contributed by atoms with Crippen LogP contribution in [0.3, 0.4) is 0 Å². The van der Waals surface area contributed by atoms with Gasteiger partial charge in [-0.05, 0) is 77.4 Å². The Morgan fingerprint density at radius 2 is 1.40 bits per heavy atom. The molecule has 0 saturated carbocycles. The maximum Gasteiger partial charge on any atom is 0.137 e. The molecule has 0 heterocycles. The molecule has 1 aliphatic carbocycles. The van der Waals surface area contributed by atoms with E-state index in [1.165, 1.54) is 30.3 Å². The van der Waals surface area contributed by atoms with Gasteiger partial charge in [-0.25, -0.2) is 22.0 Å². The number of benzene rings is 3. The van der Waals surface area contributed by atoms with Crippen molar-refractivity contribution < 1.29 is 22.0 Å². The van der Waals surface area contributed by atoms with Crippen molar-refractivity contribution in [3.63, 3.8) is 0 Å². The summed E-state index contributed by atoms with van der Waals surface area (Å²) in [6.45, 7) is 1.92. The van der Waals surface area contributed by atoms with Gasteiger partial charge in [-0.2, -0.15) is 0 Å². The molecule has 154 valence electrons. The number of hydrogen-bond donors (Lipinski definition) is 0. The molecule has 0 aromatic heterocycles. The van der Waals surface area contributed by atoms with Crippen LogP contribution in [0, 0.1) is 29.1 Å². The minimum atomic E-state index is -0.811. The predicted molar refractivity (Wildman–Crippen MR) is 108 cm³/mol. The molecule has 1 aliphatic rings. The zero-order chi connectivity index (χ0) is 21.4. The largest absolute Gasteiger partial charge is 0.207 e. The Hall–Kier alpha value is -2.95.